The van der Waals surface area contributed by atoms with Crippen molar-refractivity contribution in [1.29, 1.82) is 0 Å². The molecule has 27 heavy (non-hydrogen) atoms. The van der Waals surface area contributed by atoms with Gasteiger partial charge in [0.1, 0.15) is 5.75 Å². The summed E-state index contributed by atoms with van der Waals surface area (Å²) >= 11 is 0. The summed E-state index contributed by atoms with van der Waals surface area (Å²) in [5.41, 5.74) is 2.26. The van der Waals surface area contributed by atoms with Gasteiger partial charge in [0, 0.05) is 25.7 Å². The number of hydrogen-bond donors (Lipinski definition) is 1. The number of aryl methyl sites for hydroxylation is 1. The van der Waals surface area contributed by atoms with Gasteiger partial charge in [0.15, 0.2) is 0 Å². The van der Waals surface area contributed by atoms with Gasteiger partial charge < -0.3 is 9.47 Å². The largest absolute Gasteiger partial charge is 0.497 e. The fourth-order valence-electron chi connectivity index (χ4n) is 3.25. The highest BCUT2D eigenvalue weighted by Gasteiger charge is 2.25. The first-order valence-electron chi connectivity index (χ1n) is 9.02. The Bertz CT molecular complexity index is 847. The van der Waals surface area contributed by atoms with Crippen LogP contribution in [0, 0.1) is 6.92 Å². The Balaban J connectivity index is 1.78. The minimum absolute atomic E-state index is 0.0400. The summed E-state index contributed by atoms with van der Waals surface area (Å²) in [6.07, 6.45) is 0. The first-order chi connectivity index (χ1) is 13.0. The third kappa shape index (κ3) is 5.07. The fourth-order valence-corrected chi connectivity index (χ4v) is 4.29. The molecule has 1 N–H and O–H groups in total. The van der Waals surface area contributed by atoms with Crippen LogP contribution >= 0.6 is 0 Å². The first-order valence-corrected chi connectivity index (χ1v) is 10.5. The Morgan fingerprint density at radius 2 is 1.85 bits per heavy atom. The van der Waals surface area contributed by atoms with E-state index in [0.29, 0.717) is 25.5 Å². The summed E-state index contributed by atoms with van der Waals surface area (Å²) in [7, 11) is -2.05. The molecule has 0 bridgehead atoms. The summed E-state index contributed by atoms with van der Waals surface area (Å²) in [6.45, 7) is 5.23. The number of methoxy groups -OCH3 is 1. The van der Waals surface area contributed by atoms with Gasteiger partial charge in [-0.05, 0) is 36.8 Å². The molecule has 1 heterocycles. The van der Waals surface area contributed by atoms with E-state index in [9.17, 15) is 8.42 Å². The Morgan fingerprint density at radius 3 is 2.48 bits per heavy atom. The summed E-state index contributed by atoms with van der Waals surface area (Å²) in [4.78, 5) is 2.50. The van der Waals surface area contributed by atoms with E-state index < -0.39 is 10.0 Å². The van der Waals surface area contributed by atoms with E-state index in [-0.39, 0.29) is 10.9 Å². The molecule has 7 heteroatoms. The molecule has 1 fully saturated rings. The molecule has 146 valence electrons. The molecule has 2 aromatic carbocycles. The van der Waals surface area contributed by atoms with E-state index in [2.05, 4.69) is 21.8 Å². The zero-order valence-electron chi connectivity index (χ0n) is 15.7. The molecule has 0 saturated carbocycles. The number of hydrogen-bond acceptors (Lipinski definition) is 5. The minimum atomic E-state index is -3.60. The van der Waals surface area contributed by atoms with Crippen LogP contribution in [0.5, 0.6) is 5.75 Å². The van der Waals surface area contributed by atoms with Crippen molar-refractivity contribution in [3.63, 3.8) is 0 Å². The van der Waals surface area contributed by atoms with Gasteiger partial charge in [0.25, 0.3) is 0 Å². The molecule has 1 aliphatic rings. The van der Waals surface area contributed by atoms with Crippen molar-refractivity contribution in [2.75, 3.05) is 40.0 Å². The summed E-state index contributed by atoms with van der Waals surface area (Å²) in [5.74, 6) is 0.625. The van der Waals surface area contributed by atoms with Crippen LogP contribution in [0.15, 0.2) is 53.4 Å². The zero-order valence-corrected chi connectivity index (χ0v) is 16.5. The average Bonchev–Trinajstić information content (AvgIpc) is 2.69. The first kappa shape index (κ1) is 19.8. The maximum atomic E-state index is 12.7. The molecule has 0 aromatic heterocycles. The smallest absolute Gasteiger partial charge is 0.240 e. The molecule has 2 aromatic rings. The van der Waals surface area contributed by atoms with Crippen molar-refractivity contribution < 1.29 is 17.9 Å². The molecule has 0 spiro atoms. The number of sulfonamides is 1. The van der Waals surface area contributed by atoms with E-state index in [1.807, 2.05) is 19.1 Å². The number of rotatable bonds is 7. The standard InChI is InChI=1S/C20H26N2O4S/c1-16-4-3-5-17(14-16)20(22-10-12-26-13-11-22)15-21-27(23,24)19-8-6-18(25-2)7-9-19/h3-9,14,20-21H,10-13,15H2,1-2H3. The van der Waals surface area contributed by atoms with Crippen molar-refractivity contribution in [3.05, 3.63) is 59.7 Å². The molecule has 1 atom stereocenters. The highest BCUT2D eigenvalue weighted by atomic mass is 32.2. The second kappa shape index (κ2) is 8.84. The molecule has 0 radical (unpaired) electrons. The lowest BCUT2D eigenvalue weighted by atomic mass is 10.0. The zero-order chi connectivity index (χ0) is 19.3. The maximum absolute atomic E-state index is 12.7. The minimum Gasteiger partial charge on any atom is -0.497 e. The monoisotopic (exact) mass is 390 g/mol. The predicted octanol–water partition coefficient (Wildman–Crippen LogP) is 2.36. The lowest BCUT2D eigenvalue weighted by molar-refractivity contribution is 0.0172. The van der Waals surface area contributed by atoms with Crippen LogP contribution in [0.3, 0.4) is 0 Å². The Kier molecular flexibility index (Phi) is 6.49. The normalized spacial score (nSPS) is 16.8. The summed E-state index contributed by atoms with van der Waals surface area (Å²) < 4.78 is 38.8. The molecule has 6 nitrogen and oxygen atoms in total. The van der Waals surface area contributed by atoms with Crippen LogP contribution < -0.4 is 9.46 Å². The third-order valence-electron chi connectivity index (χ3n) is 4.75. The quantitative estimate of drug-likeness (QED) is 0.786. The number of ether oxygens (including phenoxy) is 2. The van der Waals surface area contributed by atoms with Gasteiger partial charge in [-0.2, -0.15) is 0 Å². The Labute approximate surface area is 161 Å². The summed E-state index contributed by atoms with van der Waals surface area (Å²) in [5, 5.41) is 0. The second-order valence-electron chi connectivity index (χ2n) is 6.61. The van der Waals surface area contributed by atoms with Gasteiger partial charge in [-0.15, -0.1) is 0 Å². The molecule has 1 unspecified atom stereocenters. The van der Waals surface area contributed by atoms with Crippen molar-refractivity contribution in [2.45, 2.75) is 17.9 Å². The van der Waals surface area contributed by atoms with Gasteiger partial charge in [-0.1, -0.05) is 29.8 Å². The van der Waals surface area contributed by atoms with Crippen molar-refractivity contribution in [3.8, 4) is 5.75 Å². The SMILES string of the molecule is COc1ccc(S(=O)(=O)NCC(c2cccc(C)c2)N2CCOCC2)cc1. The fraction of sp³-hybridized carbons (Fsp3) is 0.400. The van der Waals surface area contributed by atoms with Gasteiger partial charge in [0.2, 0.25) is 10.0 Å². The highest BCUT2D eigenvalue weighted by Crippen LogP contribution is 2.23. The number of nitrogens with one attached hydrogen (secondary N) is 1. The number of morpholine rings is 1. The van der Waals surface area contributed by atoms with E-state index >= 15 is 0 Å². The number of benzene rings is 2. The molecule has 1 saturated heterocycles. The van der Waals surface area contributed by atoms with Gasteiger partial charge in [-0.25, -0.2) is 13.1 Å². The lowest BCUT2D eigenvalue weighted by Gasteiger charge is -2.35. The Hall–Kier alpha value is -1.93. The maximum Gasteiger partial charge on any atom is 0.240 e. The van der Waals surface area contributed by atoms with Gasteiger partial charge in [-0.3, -0.25) is 4.90 Å². The van der Waals surface area contributed by atoms with Gasteiger partial charge in [0.05, 0.1) is 25.2 Å². The van der Waals surface area contributed by atoms with E-state index in [1.54, 1.807) is 31.4 Å². The van der Waals surface area contributed by atoms with Crippen molar-refractivity contribution >= 4 is 10.0 Å². The second-order valence-corrected chi connectivity index (χ2v) is 8.37. The van der Waals surface area contributed by atoms with Crippen LogP contribution in [0.2, 0.25) is 0 Å². The van der Waals surface area contributed by atoms with Gasteiger partial charge >= 0.3 is 0 Å². The molecule has 1 aliphatic heterocycles. The average molecular weight is 391 g/mol. The molecule has 0 aliphatic carbocycles. The van der Waals surface area contributed by atoms with Crippen LogP contribution in [0.25, 0.3) is 0 Å². The van der Waals surface area contributed by atoms with E-state index in [1.165, 1.54) is 0 Å². The third-order valence-corrected chi connectivity index (χ3v) is 6.19. The van der Waals surface area contributed by atoms with Crippen LogP contribution in [-0.4, -0.2) is 53.3 Å². The summed E-state index contributed by atoms with van der Waals surface area (Å²) in [6, 6.07) is 14.6. The van der Waals surface area contributed by atoms with E-state index in [0.717, 1.165) is 24.2 Å². The predicted molar refractivity (Wildman–Crippen MR) is 104 cm³/mol. The van der Waals surface area contributed by atoms with Crippen molar-refractivity contribution in [2.24, 2.45) is 0 Å². The molecular formula is C20H26N2O4S. The van der Waals surface area contributed by atoms with E-state index in [4.69, 9.17) is 9.47 Å². The topological polar surface area (TPSA) is 67.9 Å². The molecule has 0 amide bonds. The van der Waals surface area contributed by atoms with Crippen LogP contribution in [-0.2, 0) is 14.8 Å². The highest BCUT2D eigenvalue weighted by molar-refractivity contribution is 7.89. The van der Waals surface area contributed by atoms with Crippen LogP contribution in [0.1, 0.15) is 17.2 Å². The lowest BCUT2D eigenvalue weighted by Crippen LogP contribution is -2.43. The molecule has 3 rings (SSSR count). The molecular weight excluding hydrogens is 364 g/mol. The van der Waals surface area contributed by atoms with Crippen molar-refractivity contribution in [1.82, 2.24) is 9.62 Å². The van der Waals surface area contributed by atoms with Crippen LogP contribution in [0.4, 0.5) is 0 Å². The Morgan fingerprint density at radius 1 is 1.15 bits per heavy atom. The number of nitrogens with zero attached hydrogens (tertiary/aromatic N) is 1.